The minimum atomic E-state index is -1.91. The van der Waals surface area contributed by atoms with E-state index in [4.69, 9.17) is 17.2 Å². The van der Waals surface area contributed by atoms with Crippen LogP contribution in [0.3, 0.4) is 0 Å². The minimum Gasteiger partial charge on any atom is -0.480 e. The summed E-state index contributed by atoms with van der Waals surface area (Å²) in [6, 6.07) is -14.0. The Bertz CT molecular complexity index is 4170. The van der Waals surface area contributed by atoms with E-state index in [9.17, 15) is 115 Å². The number of rotatable bonds is 51. The summed E-state index contributed by atoms with van der Waals surface area (Å²) in [6.45, 7) is 35.5. The number of nitrogens with two attached hydrogens (primary N) is 3. The molecule has 1 rings (SSSR count). The van der Waals surface area contributed by atoms with Crippen LogP contribution in [-0.2, 0) is 110 Å². The number of primary amides is 3. The first-order chi connectivity index (χ1) is 58.2. The number of nitrogens with one attached hydrogen (secondary N) is 18. The van der Waals surface area contributed by atoms with Crippen molar-refractivity contribution in [2.24, 2.45) is 35.0 Å². The molecule has 0 radical (unpaired) electrons. The summed E-state index contributed by atoms with van der Waals surface area (Å²) in [5.74, 6) is -22.2. The summed E-state index contributed by atoms with van der Waals surface area (Å²) in [6.07, 6.45) is -2.24. The average Bonchev–Trinajstić information content (AvgIpc) is 1.58. The number of carboxylic acid groups (broad SMARTS) is 1. The number of carbonyl (C=O) groups is 23. The summed E-state index contributed by atoms with van der Waals surface area (Å²) in [5, 5.41) is 54.6. The molecule has 22 amide bonds. The van der Waals surface area contributed by atoms with Gasteiger partial charge >= 0.3 is 5.97 Å². The van der Waals surface area contributed by atoms with Gasteiger partial charge in [-0.15, -0.1) is 0 Å². The molecule has 0 spiro atoms. The Kier molecular flexibility index (Phi) is 42.3. The fraction of sp³-hybridized carbons (Fsp3) is 0.720. The Morgan fingerprint density at radius 2 is 0.719 bits per heavy atom. The monoisotopic (exact) mass is 1820 g/mol. The SMILES string of the molecule is CCC(C)(NC(=O)C(C)(C)NC(=O)C(NC(=O)C1CCCN1C(=O)C(C)(C)NC(=O)C(CC(C)C)NC(=O)CNC(=O)C(C)(C)NC(=O)C(NC(=O)C(C)(C)NC(=O)C(CCC(N)=O)NC(=O)C(C)NC(=O)C(C)(C)NC(=O)C(C)NC(=O)C(C)(C)NC(=O)C(C)NC(=O)C(C)(C)NC(C)=O)C(C)C)C(C)C)C(=O)NC(CCC(N)=O)C(=O)NC(CCC(N)=O)C(=O)O. The van der Waals surface area contributed by atoms with E-state index in [2.05, 4.69) is 95.7 Å². The van der Waals surface area contributed by atoms with E-state index in [-0.39, 0.29) is 31.7 Å². The van der Waals surface area contributed by atoms with Gasteiger partial charge < -0.3 is 123 Å². The fourth-order valence-electron chi connectivity index (χ4n) is 12.4. The molecule has 25 N–H and O–H groups in total. The molecule has 722 valence electrons. The van der Waals surface area contributed by atoms with E-state index >= 15 is 0 Å². The van der Waals surface area contributed by atoms with E-state index in [1.54, 1.807) is 41.5 Å². The summed E-state index contributed by atoms with van der Waals surface area (Å²) in [4.78, 5) is 308. The third-order valence-electron chi connectivity index (χ3n) is 20.8. The fourth-order valence-corrected chi connectivity index (χ4v) is 12.4. The molecule has 0 bridgehead atoms. The molecule has 0 aliphatic carbocycles. The topological polar surface area (TPSA) is 711 Å². The first-order valence-electron chi connectivity index (χ1n) is 42.2. The van der Waals surface area contributed by atoms with Crippen LogP contribution in [0, 0.1) is 17.8 Å². The molecule has 128 heavy (non-hydrogen) atoms. The highest BCUT2D eigenvalue weighted by molar-refractivity contribution is 6.04. The number of carboxylic acids is 1. The van der Waals surface area contributed by atoms with E-state index in [1.807, 2.05) is 0 Å². The number of nitrogens with zero attached hydrogens (tertiary/aromatic N) is 1. The maximum Gasteiger partial charge on any atom is 0.326 e. The van der Waals surface area contributed by atoms with Gasteiger partial charge in [0.05, 0.1) is 6.54 Å². The molecule has 1 aliphatic rings. The van der Waals surface area contributed by atoms with Crippen LogP contribution in [-0.4, -0.2) is 264 Å². The Labute approximate surface area is 745 Å². The molecule has 0 aromatic carbocycles. The molecule has 0 aromatic heterocycles. The van der Waals surface area contributed by atoms with Crippen molar-refractivity contribution in [3.63, 3.8) is 0 Å². The third kappa shape index (κ3) is 35.9. The zero-order valence-corrected chi connectivity index (χ0v) is 78.5. The maximum atomic E-state index is 14.5. The van der Waals surface area contributed by atoms with Gasteiger partial charge in [-0.1, -0.05) is 48.5 Å². The van der Waals surface area contributed by atoms with Gasteiger partial charge in [-0.2, -0.15) is 0 Å². The van der Waals surface area contributed by atoms with Crippen molar-refractivity contribution in [1.29, 1.82) is 0 Å². The lowest BCUT2D eigenvalue weighted by Crippen LogP contribution is -2.67. The van der Waals surface area contributed by atoms with Crippen LogP contribution in [0.15, 0.2) is 0 Å². The van der Waals surface area contributed by atoms with Gasteiger partial charge in [-0.05, 0) is 187 Å². The van der Waals surface area contributed by atoms with Crippen molar-refractivity contribution < 1.29 is 115 Å². The number of hydrogen-bond acceptors (Lipinski definition) is 23. The molecule has 1 fully saturated rings. The van der Waals surface area contributed by atoms with E-state index in [0.717, 1.165) is 0 Å². The van der Waals surface area contributed by atoms with Crippen molar-refractivity contribution in [2.45, 2.75) is 349 Å². The first-order valence-corrected chi connectivity index (χ1v) is 42.2. The maximum absolute atomic E-state index is 14.5. The van der Waals surface area contributed by atoms with E-state index in [1.165, 1.54) is 143 Å². The van der Waals surface area contributed by atoms with E-state index < -0.39 is 298 Å². The lowest BCUT2D eigenvalue weighted by molar-refractivity contribution is -0.146. The molecule has 1 aliphatic heterocycles. The molecule has 46 heteroatoms. The van der Waals surface area contributed by atoms with Crippen LogP contribution in [0.1, 0.15) is 244 Å². The van der Waals surface area contributed by atoms with Crippen LogP contribution in [0.5, 0.6) is 0 Å². The number of hydrogen-bond donors (Lipinski definition) is 22. The molecule has 46 nitrogen and oxygen atoms in total. The van der Waals surface area contributed by atoms with Crippen LogP contribution in [0.2, 0.25) is 0 Å². The molecule has 1 saturated heterocycles. The number of likely N-dealkylation sites (tertiary alicyclic amines) is 1. The van der Waals surface area contributed by atoms with Gasteiger partial charge in [0, 0.05) is 32.7 Å². The zero-order chi connectivity index (χ0) is 99.6. The second-order valence-electron chi connectivity index (χ2n) is 37.2. The molecular formula is C82H140N22O24. The minimum absolute atomic E-state index is 0.00934. The Morgan fingerprint density at radius 1 is 0.367 bits per heavy atom. The van der Waals surface area contributed by atoms with Gasteiger partial charge in [-0.25, -0.2) is 4.79 Å². The van der Waals surface area contributed by atoms with Gasteiger partial charge in [0.25, 0.3) is 0 Å². The second-order valence-corrected chi connectivity index (χ2v) is 37.2. The molecule has 1 heterocycles. The summed E-state index contributed by atoms with van der Waals surface area (Å²) >= 11 is 0. The van der Waals surface area contributed by atoms with Crippen LogP contribution in [0.25, 0.3) is 0 Å². The standard InChI is InChI=1S/C82H140N22O24/c1-27-82(26,73(127)93-46(30-33-51(83)106)60(113)92-48(66(119)120)32-35-53(85)108)103-72(126)80(22,23)102-64(117)55(40(4)5)94-63(116)50-29-28-36-104(50)74(128)81(24,25)100-62(115)49(37-39(2)3)90-54(109)38-86-67(121)75(12,13)101-65(118)56(41(6)7)95-71(125)79(20,21)99-61(114)47(31-34-52(84)107)91-57(110)42(8)87-69(123)77(16,17)97-59(112)44(10)89-70(124)78(18,19)98-58(111)43(9)88-68(122)76(14,15)96-45(11)105/h39-44,46-50,55-56H,27-38H2,1-26H3,(H2,83,106)(H2,84,107)(H2,85,108)(H,86,121)(H,87,123)(H,88,122)(H,89,124)(H,90,109)(H,91,110)(H,92,113)(H,93,127)(H,94,116)(H,95,125)(H,96,105)(H,97,112)(H,98,111)(H,99,114)(H,100,115)(H,101,118)(H,102,117)(H,103,126)(H,119,120). The van der Waals surface area contributed by atoms with E-state index in [0.29, 0.717) is 6.42 Å². The number of amides is 22. The van der Waals surface area contributed by atoms with Crippen LogP contribution < -0.4 is 113 Å². The first kappa shape index (κ1) is 114. The Balaban J connectivity index is 3.18. The summed E-state index contributed by atoms with van der Waals surface area (Å²) in [5.41, 5.74) is 1.88. The normalized spacial score (nSPS) is 15.7. The van der Waals surface area contributed by atoms with Crippen molar-refractivity contribution in [1.82, 2.24) is 101 Å². The van der Waals surface area contributed by atoms with Crippen LogP contribution >= 0.6 is 0 Å². The quantitative estimate of drug-likeness (QED) is 0.0270. The number of aliphatic carboxylic acids is 1. The molecule has 11 atom stereocenters. The molecule has 0 aromatic rings. The summed E-state index contributed by atoms with van der Waals surface area (Å²) < 4.78 is 0. The predicted octanol–water partition coefficient (Wildman–Crippen LogP) is -5.68. The van der Waals surface area contributed by atoms with Crippen molar-refractivity contribution in [2.75, 3.05) is 13.1 Å². The second kappa shape index (κ2) is 47.6. The molecule has 0 saturated carbocycles. The van der Waals surface area contributed by atoms with Crippen molar-refractivity contribution in [3.8, 4) is 0 Å². The average molecular weight is 1820 g/mol. The Morgan fingerprint density at radius 3 is 1.12 bits per heavy atom. The van der Waals surface area contributed by atoms with Crippen molar-refractivity contribution in [3.05, 3.63) is 0 Å². The lowest BCUT2D eigenvalue weighted by Gasteiger charge is -2.36. The van der Waals surface area contributed by atoms with Gasteiger partial charge in [0.1, 0.15) is 105 Å². The lowest BCUT2D eigenvalue weighted by atomic mass is 9.93. The predicted molar refractivity (Wildman–Crippen MR) is 462 cm³/mol. The van der Waals surface area contributed by atoms with Crippen LogP contribution in [0.4, 0.5) is 0 Å². The summed E-state index contributed by atoms with van der Waals surface area (Å²) in [7, 11) is 0. The zero-order valence-electron chi connectivity index (χ0n) is 78.5. The van der Waals surface area contributed by atoms with Gasteiger partial charge in [0.2, 0.25) is 130 Å². The van der Waals surface area contributed by atoms with Gasteiger partial charge in [0.15, 0.2) is 0 Å². The highest BCUT2D eigenvalue weighted by atomic mass is 16.4. The largest absolute Gasteiger partial charge is 0.480 e. The smallest absolute Gasteiger partial charge is 0.326 e. The Hall–Kier alpha value is -12.2. The molecule has 11 unspecified atom stereocenters. The van der Waals surface area contributed by atoms with Gasteiger partial charge in [-0.3, -0.25) is 105 Å². The highest BCUT2D eigenvalue weighted by Gasteiger charge is 2.48. The number of carbonyl (C=O) groups excluding carboxylic acids is 22. The van der Waals surface area contributed by atoms with Crippen molar-refractivity contribution >= 4 is 136 Å². The highest BCUT2D eigenvalue weighted by Crippen LogP contribution is 2.25. The third-order valence-corrected chi connectivity index (χ3v) is 20.8. The molecular weight excluding hydrogens is 1680 g/mol.